The van der Waals surface area contributed by atoms with Gasteiger partial charge in [-0.1, -0.05) is 35.5 Å². The van der Waals surface area contributed by atoms with Gasteiger partial charge in [0.2, 0.25) is 0 Å². The molecule has 1 aliphatic heterocycles. The maximum atomic E-state index is 11.9. The fourth-order valence-electron chi connectivity index (χ4n) is 2.88. The third-order valence-corrected chi connectivity index (χ3v) is 5.64. The second-order valence-corrected chi connectivity index (χ2v) is 7.49. The standard InChI is InChI=1S/C19H16ClN3O3S/c1-25-15-5-3-2-4-14(15)17-21-22-19(27-16-10-11-26-18(16)24)23(17)13-8-6-12(20)7-9-13/h2-9,16H,10-11H2,1H3. The summed E-state index contributed by atoms with van der Waals surface area (Å²) < 4.78 is 12.5. The fourth-order valence-corrected chi connectivity index (χ4v) is 4.03. The van der Waals surface area contributed by atoms with Crippen LogP contribution >= 0.6 is 23.4 Å². The zero-order chi connectivity index (χ0) is 18.8. The lowest BCUT2D eigenvalue weighted by Crippen LogP contribution is -2.11. The molecule has 6 nitrogen and oxygen atoms in total. The summed E-state index contributed by atoms with van der Waals surface area (Å²) in [6.45, 7) is 0.435. The van der Waals surface area contributed by atoms with Gasteiger partial charge in [-0.05, 0) is 36.4 Å². The molecule has 0 amide bonds. The molecule has 1 aliphatic rings. The zero-order valence-electron chi connectivity index (χ0n) is 14.5. The first-order valence-corrected chi connectivity index (χ1v) is 9.61. The van der Waals surface area contributed by atoms with Crippen molar-refractivity contribution in [1.29, 1.82) is 0 Å². The van der Waals surface area contributed by atoms with Crippen LogP contribution in [0.3, 0.4) is 0 Å². The summed E-state index contributed by atoms with van der Waals surface area (Å²) >= 11 is 7.40. The van der Waals surface area contributed by atoms with Crippen LogP contribution in [0.5, 0.6) is 5.75 Å². The lowest BCUT2D eigenvalue weighted by Gasteiger charge is -2.13. The van der Waals surface area contributed by atoms with Crippen LogP contribution < -0.4 is 4.74 Å². The van der Waals surface area contributed by atoms with Crippen LogP contribution in [0.2, 0.25) is 5.02 Å². The molecule has 1 fully saturated rings. The first-order chi connectivity index (χ1) is 13.2. The molecule has 27 heavy (non-hydrogen) atoms. The number of halogens is 1. The molecule has 0 bridgehead atoms. The molecular formula is C19H16ClN3O3S. The molecule has 1 atom stereocenters. The van der Waals surface area contributed by atoms with Gasteiger partial charge >= 0.3 is 5.97 Å². The fraction of sp³-hybridized carbons (Fsp3) is 0.211. The van der Waals surface area contributed by atoms with Crippen molar-refractivity contribution in [1.82, 2.24) is 14.8 Å². The summed E-state index contributed by atoms with van der Waals surface area (Å²) in [4.78, 5) is 11.9. The van der Waals surface area contributed by atoms with E-state index >= 15 is 0 Å². The zero-order valence-corrected chi connectivity index (χ0v) is 16.0. The molecule has 1 unspecified atom stereocenters. The van der Waals surface area contributed by atoms with Crippen molar-refractivity contribution in [2.24, 2.45) is 0 Å². The van der Waals surface area contributed by atoms with E-state index in [0.717, 1.165) is 11.3 Å². The minimum Gasteiger partial charge on any atom is -0.496 e. The summed E-state index contributed by atoms with van der Waals surface area (Å²) in [5.41, 5.74) is 1.66. The Kier molecular flexibility index (Phi) is 5.05. The average molecular weight is 402 g/mol. The maximum absolute atomic E-state index is 11.9. The summed E-state index contributed by atoms with van der Waals surface area (Å²) in [6.07, 6.45) is 0.654. The highest BCUT2D eigenvalue weighted by atomic mass is 35.5. The Morgan fingerprint density at radius 1 is 1.19 bits per heavy atom. The number of carbonyl (C=O) groups excluding carboxylic acids is 1. The normalized spacial score (nSPS) is 16.4. The number of carbonyl (C=O) groups is 1. The molecular weight excluding hydrogens is 386 g/mol. The molecule has 4 rings (SSSR count). The summed E-state index contributed by atoms with van der Waals surface area (Å²) in [5.74, 6) is 1.10. The van der Waals surface area contributed by atoms with E-state index in [0.29, 0.717) is 34.8 Å². The van der Waals surface area contributed by atoms with Gasteiger partial charge in [-0.3, -0.25) is 9.36 Å². The molecule has 1 aromatic heterocycles. The lowest BCUT2D eigenvalue weighted by molar-refractivity contribution is -0.137. The van der Waals surface area contributed by atoms with Gasteiger partial charge in [0.05, 0.1) is 19.3 Å². The molecule has 2 aromatic carbocycles. The van der Waals surface area contributed by atoms with E-state index in [1.807, 2.05) is 41.0 Å². The highest BCUT2D eigenvalue weighted by Crippen LogP contribution is 2.36. The number of thioether (sulfide) groups is 1. The van der Waals surface area contributed by atoms with Gasteiger partial charge in [-0.15, -0.1) is 10.2 Å². The molecule has 0 saturated carbocycles. The molecule has 8 heteroatoms. The van der Waals surface area contributed by atoms with Gasteiger partial charge in [0.1, 0.15) is 11.0 Å². The van der Waals surface area contributed by atoms with Crippen LogP contribution in [-0.4, -0.2) is 39.7 Å². The van der Waals surface area contributed by atoms with Gasteiger partial charge in [-0.25, -0.2) is 0 Å². The summed E-state index contributed by atoms with van der Waals surface area (Å²) in [7, 11) is 1.62. The van der Waals surface area contributed by atoms with Crippen LogP contribution in [0, 0.1) is 0 Å². The SMILES string of the molecule is COc1ccccc1-c1nnc(SC2CCOC2=O)n1-c1ccc(Cl)cc1. The van der Waals surface area contributed by atoms with Crippen LogP contribution in [-0.2, 0) is 9.53 Å². The first-order valence-electron chi connectivity index (χ1n) is 8.35. The molecule has 0 spiro atoms. The number of ether oxygens (including phenoxy) is 2. The Balaban J connectivity index is 1.84. The van der Waals surface area contributed by atoms with Crippen molar-refractivity contribution in [3.05, 3.63) is 53.6 Å². The van der Waals surface area contributed by atoms with Crippen molar-refractivity contribution >= 4 is 29.3 Å². The molecule has 3 aromatic rings. The van der Waals surface area contributed by atoms with Gasteiger partial charge in [0.25, 0.3) is 0 Å². The maximum Gasteiger partial charge on any atom is 0.319 e. The number of aromatic nitrogens is 3. The monoisotopic (exact) mass is 401 g/mol. The van der Waals surface area contributed by atoms with E-state index in [1.54, 1.807) is 19.2 Å². The molecule has 0 radical (unpaired) electrons. The third kappa shape index (κ3) is 3.52. The van der Waals surface area contributed by atoms with E-state index in [1.165, 1.54) is 11.8 Å². The second kappa shape index (κ2) is 7.62. The number of cyclic esters (lactones) is 1. The van der Waals surface area contributed by atoms with E-state index in [9.17, 15) is 4.79 Å². The Morgan fingerprint density at radius 2 is 1.96 bits per heavy atom. The van der Waals surface area contributed by atoms with Crippen LogP contribution in [0.4, 0.5) is 0 Å². The highest BCUT2D eigenvalue weighted by Gasteiger charge is 2.30. The highest BCUT2D eigenvalue weighted by molar-refractivity contribution is 8.00. The smallest absolute Gasteiger partial charge is 0.319 e. The minimum absolute atomic E-state index is 0.218. The second-order valence-electron chi connectivity index (χ2n) is 5.88. The van der Waals surface area contributed by atoms with Crippen molar-refractivity contribution in [3.8, 4) is 22.8 Å². The minimum atomic E-state index is -0.286. The molecule has 0 aliphatic carbocycles. The number of methoxy groups -OCH3 is 1. The van der Waals surface area contributed by atoms with Gasteiger partial charge in [0.15, 0.2) is 11.0 Å². The quantitative estimate of drug-likeness (QED) is 0.602. The molecule has 2 heterocycles. The Morgan fingerprint density at radius 3 is 2.67 bits per heavy atom. The summed E-state index contributed by atoms with van der Waals surface area (Å²) in [6, 6.07) is 15.0. The average Bonchev–Trinajstić information content (AvgIpc) is 3.29. The van der Waals surface area contributed by atoms with Crippen molar-refractivity contribution in [2.45, 2.75) is 16.8 Å². The predicted molar refractivity (Wildman–Crippen MR) is 104 cm³/mol. The van der Waals surface area contributed by atoms with E-state index in [2.05, 4.69) is 10.2 Å². The van der Waals surface area contributed by atoms with E-state index in [4.69, 9.17) is 21.1 Å². The Bertz CT molecular complexity index is 975. The number of esters is 1. The van der Waals surface area contributed by atoms with E-state index < -0.39 is 0 Å². The van der Waals surface area contributed by atoms with Crippen LogP contribution in [0.15, 0.2) is 53.7 Å². The number of para-hydroxylation sites is 1. The number of nitrogens with zero attached hydrogens (tertiary/aromatic N) is 3. The first kappa shape index (κ1) is 17.9. The van der Waals surface area contributed by atoms with Gasteiger partial charge in [0, 0.05) is 17.1 Å². The van der Waals surface area contributed by atoms with Gasteiger partial charge in [-0.2, -0.15) is 0 Å². The number of hydrogen-bond acceptors (Lipinski definition) is 6. The largest absolute Gasteiger partial charge is 0.496 e. The van der Waals surface area contributed by atoms with Crippen LogP contribution in [0.1, 0.15) is 6.42 Å². The topological polar surface area (TPSA) is 66.2 Å². The number of benzene rings is 2. The third-order valence-electron chi connectivity index (χ3n) is 4.20. The van der Waals surface area contributed by atoms with Crippen molar-refractivity contribution in [3.63, 3.8) is 0 Å². The van der Waals surface area contributed by atoms with Gasteiger partial charge < -0.3 is 9.47 Å². The van der Waals surface area contributed by atoms with Crippen molar-refractivity contribution < 1.29 is 14.3 Å². The molecule has 1 saturated heterocycles. The lowest BCUT2D eigenvalue weighted by atomic mass is 10.2. The number of rotatable bonds is 5. The van der Waals surface area contributed by atoms with E-state index in [-0.39, 0.29) is 11.2 Å². The Hall–Kier alpha value is -2.51. The Labute approximate surface area is 165 Å². The predicted octanol–water partition coefficient (Wildman–Crippen LogP) is 4.00. The van der Waals surface area contributed by atoms with Crippen molar-refractivity contribution in [2.75, 3.05) is 13.7 Å². The number of hydrogen-bond donors (Lipinski definition) is 0. The molecule has 138 valence electrons. The molecule has 0 N–H and O–H groups in total. The summed E-state index contributed by atoms with van der Waals surface area (Å²) in [5, 5.41) is 9.70. The van der Waals surface area contributed by atoms with Crippen LogP contribution in [0.25, 0.3) is 17.1 Å².